The summed E-state index contributed by atoms with van der Waals surface area (Å²) in [4.78, 5) is 5.38. The van der Waals surface area contributed by atoms with Gasteiger partial charge in [0.15, 0.2) is 0 Å². The Morgan fingerprint density at radius 2 is 1.29 bits per heavy atom. The largest absolute Gasteiger partial charge is 0.378 e. The van der Waals surface area contributed by atoms with Gasteiger partial charge in [-0.05, 0) is 65.2 Å². The molecule has 4 atom stereocenters. The van der Waals surface area contributed by atoms with Gasteiger partial charge >= 0.3 is 0 Å². The molecular weight excluding hydrogens is 300 g/mol. The molecule has 0 radical (unpaired) electrons. The Morgan fingerprint density at radius 3 is 1.79 bits per heavy atom. The Kier molecular flexibility index (Phi) is 7.38. The summed E-state index contributed by atoms with van der Waals surface area (Å²) in [5.74, 6) is 0. The van der Waals surface area contributed by atoms with Gasteiger partial charge in [0.2, 0.25) is 0 Å². The second-order valence-electron chi connectivity index (χ2n) is 8.25. The number of ether oxygens (including phenoxy) is 2. The fourth-order valence-electron chi connectivity index (χ4n) is 4.78. The zero-order valence-electron chi connectivity index (χ0n) is 15.9. The predicted molar refractivity (Wildman–Crippen MR) is 98.5 cm³/mol. The summed E-state index contributed by atoms with van der Waals surface area (Å²) in [6.45, 7) is 11.6. The van der Waals surface area contributed by atoms with E-state index in [1.807, 2.05) is 0 Å². The molecule has 4 nitrogen and oxygen atoms in total. The Bertz CT molecular complexity index is 342. The lowest BCUT2D eigenvalue weighted by Crippen LogP contribution is -2.57. The molecule has 0 N–H and O–H groups in total. The zero-order valence-corrected chi connectivity index (χ0v) is 15.9. The van der Waals surface area contributed by atoms with Crippen LogP contribution in [0, 0.1) is 0 Å². The van der Waals surface area contributed by atoms with Crippen LogP contribution in [0.4, 0.5) is 0 Å². The van der Waals surface area contributed by atoms with Crippen molar-refractivity contribution in [3.63, 3.8) is 0 Å². The first-order chi connectivity index (χ1) is 11.7. The summed E-state index contributed by atoms with van der Waals surface area (Å²) in [6.07, 6.45) is 11.2. The molecule has 3 heterocycles. The van der Waals surface area contributed by atoms with E-state index in [4.69, 9.17) is 9.47 Å². The molecule has 0 aromatic carbocycles. The van der Waals surface area contributed by atoms with Gasteiger partial charge in [0.05, 0.1) is 12.2 Å². The van der Waals surface area contributed by atoms with E-state index in [1.165, 1.54) is 77.5 Å². The summed E-state index contributed by atoms with van der Waals surface area (Å²) < 4.78 is 11.8. The maximum Gasteiger partial charge on any atom is 0.0587 e. The standard InChI is InChI=1S/C20H38N2O2/c1-17-15-21(11-9-19-7-3-5-13-23-19)16-18(2)22(17)12-10-20-8-4-6-14-24-20/h17-20H,3-16H2,1-2H3/t17-,18+,19-,20+/m1/s1. The molecule has 3 aliphatic heterocycles. The molecule has 0 amide bonds. The molecule has 3 saturated heterocycles. The summed E-state index contributed by atoms with van der Waals surface area (Å²) >= 11 is 0. The highest BCUT2D eigenvalue weighted by Gasteiger charge is 2.30. The minimum absolute atomic E-state index is 0.514. The molecular formula is C20H38N2O2. The molecule has 140 valence electrons. The third-order valence-electron chi connectivity index (χ3n) is 6.20. The van der Waals surface area contributed by atoms with E-state index < -0.39 is 0 Å². The topological polar surface area (TPSA) is 24.9 Å². The molecule has 24 heavy (non-hydrogen) atoms. The van der Waals surface area contributed by atoms with Crippen molar-refractivity contribution in [3.8, 4) is 0 Å². The van der Waals surface area contributed by atoms with E-state index in [-0.39, 0.29) is 0 Å². The molecule has 3 aliphatic rings. The molecule has 3 fully saturated rings. The quantitative estimate of drug-likeness (QED) is 0.742. The normalized spacial score (nSPS) is 36.8. The van der Waals surface area contributed by atoms with Gasteiger partial charge in [-0.25, -0.2) is 0 Å². The summed E-state index contributed by atoms with van der Waals surface area (Å²) in [5.41, 5.74) is 0. The lowest BCUT2D eigenvalue weighted by atomic mass is 10.0. The van der Waals surface area contributed by atoms with Crippen molar-refractivity contribution in [2.45, 2.75) is 89.5 Å². The molecule has 4 heteroatoms. The highest BCUT2D eigenvalue weighted by Crippen LogP contribution is 2.22. The van der Waals surface area contributed by atoms with E-state index >= 15 is 0 Å². The van der Waals surface area contributed by atoms with E-state index in [0.29, 0.717) is 24.3 Å². The number of hydrogen-bond acceptors (Lipinski definition) is 4. The Balaban J connectivity index is 1.38. The summed E-state index contributed by atoms with van der Waals surface area (Å²) in [7, 11) is 0. The third kappa shape index (κ3) is 5.42. The molecule has 0 aromatic rings. The number of nitrogens with zero attached hydrogens (tertiary/aromatic N) is 2. The van der Waals surface area contributed by atoms with Crippen LogP contribution in [0.25, 0.3) is 0 Å². The van der Waals surface area contributed by atoms with Crippen LogP contribution >= 0.6 is 0 Å². The first-order valence-corrected chi connectivity index (χ1v) is 10.4. The maximum absolute atomic E-state index is 5.92. The van der Waals surface area contributed by atoms with Gasteiger partial charge in [-0.2, -0.15) is 0 Å². The van der Waals surface area contributed by atoms with Crippen molar-refractivity contribution in [3.05, 3.63) is 0 Å². The first kappa shape index (κ1) is 18.6. The minimum atomic E-state index is 0.514. The van der Waals surface area contributed by atoms with Crippen molar-refractivity contribution in [1.82, 2.24) is 9.80 Å². The van der Waals surface area contributed by atoms with Crippen LogP contribution in [-0.4, -0.2) is 73.5 Å². The molecule has 0 saturated carbocycles. The summed E-state index contributed by atoms with van der Waals surface area (Å²) in [6, 6.07) is 1.31. The highest BCUT2D eigenvalue weighted by atomic mass is 16.5. The van der Waals surface area contributed by atoms with Gasteiger partial charge in [-0.15, -0.1) is 0 Å². The van der Waals surface area contributed by atoms with Crippen LogP contribution in [-0.2, 0) is 9.47 Å². The van der Waals surface area contributed by atoms with Crippen LogP contribution in [0.3, 0.4) is 0 Å². The molecule has 0 spiro atoms. The van der Waals surface area contributed by atoms with Gasteiger partial charge in [0.1, 0.15) is 0 Å². The second kappa shape index (κ2) is 9.51. The lowest BCUT2D eigenvalue weighted by Gasteiger charge is -2.45. The highest BCUT2D eigenvalue weighted by molar-refractivity contribution is 4.86. The van der Waals surface area contributed by atoms with Crippen LogP contribution in [0.1, 0.15) is 65.2 Å². The Hall–Kier alpha value is -0.160. The van der Waals surface area contributed by atoms with Gasteiger partial charge in [-0.1, -0.05) is 0 Å². The van der Waals surface area contributed by atoms with Crippen molar-refractivity contribution in [2.24, 2.45) is 0 Å². The van der Waals surface area contributed by atoms with Gasteiger partial charge in [0, 0.05) is 51.5 Å². The average Bonchev–Trinajstić information content (AvgIpc) is 2.61. The van der Waals surface area contributed by atoms with Gasteiger partial charge in [0.25, 0.3) is 0 Å². The molecule has 0 aromatic heterocycles. The van der Waals surface area contributed by atoms with Crippen LogP contribution in [0.15, 0.2) is 0 Å². The SMILES string of the molecule is C[C@@H]1CN(CC[C@H]2CCCCO2)C[C@H](C)N1CC[C@@H]1CCCCO1. The number of rotatable bonds is 6. The van der Waals surface area contributed by atoms with E-state index in [1.54, 1.807) is 0 Å². The smallest absolute Gasteiger partial charge is 0.0587 e. The minimum Gasteiger partial charge on any atom is -0.378 e. The first-order valence-electron chi connectivity index (χ1n) is 10.4. The van der Waals surface area contributed by atoms with Crippen LogP contribution in [0.2, 0.25) is 0 Å². The Morgan fingerprint density at radius 1 is 0.750 bits per heavy atom. The average molecular weight is 339 g/mol. The molecule has 0 unspecified atom stereocenters. The Labute approximate surface area is 148 Å². The fourth-order valence-corrected chi connectivity index (χ4v) is 4.78. The monoisotopic (exact) mass is 338 g/mol. The van der Waals surface area contributed by atoms with Crippen molar-refractivity contribution in [2.75, 3.05) is 39.4 Å². The molecule has 3 rings (SSSR count). The van der Waals surface area contributed by atoms with Crippen molar-refractivity contribution >= 4 is 0 Å². The lowest BCUT2D eigenvalue weighted by molar-refractivity contribution is -0.0212. The molecule has 0 bridgehead atoms. The predicted octanol–water partition coefficient (Wildman–Crippen LogP) is 3.30. The number of hydrogen-bond donors (Lipinski definition) is 0. The second-order valence-corrected chi connectivity index (χ2v) is 8.25. The fraction of sp³-hybridized carbons (Fsp3) is 1.00. The van der Waals surface area contributed by atoms with Crippen LogP contribution in [0.5, 0.6) is 0 Å². The zero-order chi connectivity index (χ0) is 16.8. The number of piperazine rings is 1. The van der Waals surface area contributed by atoms with Crippen molar-refractivity contribution < 1.29 is 9.47 Å². The van der Waals surface area contributed by atoms with Gasteiger partial charge in [-0.3, -0.25) is 4.90 Å². The van der Waals surface area contributed by atoms with E-state index in [2.05, 4.69) is 23.6 Å². The van der Waals surface area contributed by atoms with E-state index in [0.717, 1.165) is 13.2 Å². The van der Waals surface area contributed by atoms with Gasteiger partial charge < -0.3 is 14.4 Å². The summed E-state index contributed by atoms with van der Waals surface area (Å²) in [5, 5.41) is 0. The third-order valence-corrected chi connectivity index (χ3v) is 6.20. The maximum atomic E-state index is 5.92. The van der Waals surface area contributed by atoms with E-state index in [9.17, 15) is 0 Å². The van der Waals surface area contributed by atoms with Crippen LogP contribution < -0.4 is 0 Å². The molecule has 0 aliphatic carbocycles. The van der Waals surface area contributed by atoms with Crippen molar-refractivity contribution in [1.29, 1.82) is 0 Å².